The highest BCUT2D eigenvalue weighted by Crippen LogP contribution is 2.32. The molecule has 3 fully saturated rings. The molecular formula is C18H34N4O2. The van der Waals surface area contributed by atoms with E-state index in [4.69, 9.17) is 4.74 Å². The Labute approximate surface area is 146 Å². The Morgan fingerprint density at radius 1 is 1.04 bits per heavy atom. The first-order valence-electron chi connectivity index (χ1n) is 9.60. The van der Waals surface area contributed by atoms with Crippen molar-refractivity contribution in [2.75, 3.05) is 66.0 Å². The lowest BCUT2D eigenvalue weighted by Gasteiger charge is -2.37. The molecule has 24 heavy (non-hydrogen) atoms. The molecule has 0 bridgehead atoms. The van der Waals surface area contributed by atoms with Gasteiger partial charge in [-0.15, -0.1) is 0 Å². The molecule has 1 spiro atoms. The second kappa shape index (κ2) is 7.58. The average molecular weight is 338 g/mol. The molecule has 6 nitrogen and oxygen atoms in total. The minimum Gasteiger partial charge on any atom is -0.441 e. The summed E-state index contributed by atoms with van der Waals surface area (Å²) in [6, 6.07) is 0.650. The van der Waals surface area contributed by atoms with E-state index in [1.165, 1.54) is 13.1 Å². The van der Waals surface area contributed by atoms with Crippen LogP contribution in [0.15, 0.2) is 0 Å². The fourth-order valence-corrected chi connectivity index (χ4v) is 4.14. The van der Waals surface area contributed by atoms with Gasteiger partial charge in [0.25, 0.3) is 0 Å². The molecule has 0 aromatic rings. The summed E-state index contributed by atoms with van der Waals surface area (Å²) in [5.74, 6) is 0. The van der Waals surface area contributed by atoms with E-state index in [0.717, 1.165) is 65.1 Å². The molecule has 3 saturated heterocycles. The zero-order valence-corrected chi connectivity index (χ0v) is 15.7. The van der Waals surface area contributed by atoms with Gasteiger partial charge in [-0.2, -0.15) is 0 Å². The Hall–Kier alpha value is -0.850. The van der Waals surface area contributed by atoms with Crippen LogP contribution in [0.4, 0.5) is 4.79 Å². The number of carbonyl (C=O) groups is 1. The maximum atomic E-state index is 12.2. The minimum atomic E-state index is -0.202. The third-order valence-electron chi connectivity index (χ3n) is 5.98. The van der Waals surface area contributed by atoms with Gasteiger partial charge in [0.05, 0.1) is 6.54 Å². The lowest BCUT2D eigenvalue weighted by molar-refractivity contribution is 0.00658. The van der Waals surface area contributed by atoms with E-state index >= 15 is 0 Å². The minimum absolute atomic E-state index is 0.0934. The van der Waals surface area contributed by atoms with Crippen LogP contribution in [0.5, 0.6) is 0 Å². The summed E-state index contributed by atoms with van der Waals surface area (Å²) in [5, 5.41) is 0. The van der Waals surface area contributed by atoms with Crippen LogP contribution in [-0.2, 0) is 4.74 Å². The van der Waals surface area contributed by atoms with Gasteiger partial charge in [0, 0.05) is 64.7 Å². The Bertz CT molecular complexity index is 427. The summed E-state index contributed by atoms with van der Waals surface area (Å²) in [6.45, 7) is 14.0. The zero-order valence-electron chi connectivity index (χ0n) is 15.7. The Kier molecular flexibility index (Phi) is 5.67. The van der Waals surface area contributed by atoms with Crippen LogP contribution >= 0.6 is 0 Å². The molecule has 3 aliphatic heterocycles. The molecule has 3 rings (SSSR count). The van der Waals surface area contributed by atoms with E-state index in [1.54, 1.807) is 0 Å². The number of piperazine rings is 1. The lowest BCUT2D eigenvalue weighted by Crippen LogP contribution is -2.49. The van der Waals surface area contributed by atoms with Crippen LogP contribution in [0.2, 0.25) is 0 Å². The fraction of sp³-hybridized carbons (Fsp3) is 0.944. The summed E-state index contributed by atoms with van der Waals surface area (Å²) in [6.07, 6.45) is 2.91. The Morgan fingerprint density at radius 2 is 1.71 bits per heavy atom. The summed E-state index contributed by atoms with van der Waals surface area (Å²) < 4.78 is 5.77. The first-order chi connectivity index (χ1) is 11.5. The predicted octanol–water partition coefficient (Wildman–Crippen LogP) is 1.32. The molecule has 0 atom stereocenters. The molecule has 0 saturated carbocycles. The molecule has 1 amide bonds. The molecule has 0 N–H and O–H groups in total. The first kappa shape index (κ1) is 18.0. The van der Waals surface area contributed by atoms with Gasteiger partial charge in [0.2, 0.25) is 0 Å². The van der Waals surface area contributed by atoms with E-state index in [1.807, 2.05) is 4.90 Å². The van der Waals surface area contributed by atoms with Crippen molar-refractivity contribution in [3.8, 4) is 0 Å². The number of carbonyl (C=O) groups excluding carboxylic acids is 1. The summed E-state index contributed by atoms with van der Waals surface area (Å²) >= 11 is 0. The number of rotatable bonds is 5. The van der Waals surface area contributed by atoms with Crippen molar-refractivity contribution < 1.29 is 9.53 Å². The van der Waals surface area contributed by atoms with E-state index in [-0.39, 0.29) is 11.7 Å². The SMILES string of the molecule is CC(C)N1CCN(CCCN2CC3(CCN(C)CC3)OC2=O)CC1. The number of hydrogen-bond donors (Lipinski definition) is 0. The molecule has 0 aromatic heterocycles. The molecular weight excluding hydrogens is 304 g/mol. The maximum Gasteiger partial charge on any atom is 0.410 e. The predicted molar refractivity (Wildman–Crippen MR) is 95.3 cm³/mol. The van der Waals surface area contributed by atoms with Gasteiger partial charge in [-0.25, -0.2) is 4.79 Å². The molecule has 138 valence electrons. The van der Waals surface area contributed by atoms with Crippen LogP contribution < -0.4 is 0 Å². The molecule has 3 heterocycles. The van der Waals surface area contributed by atoms with Gasteiger partial charge in [-0.1, -0.05) is 0 Å². The van der Waals surface area contributed by atoms with Crippen molar-refractivity contribution in [2.45, 2.75) is 44.8 Å². The molecule has 3 aliphatic rings. The van der Waals surface area contributed by atoms with Gasteiger partial charge >= 0.3 is 6.09 Å². The van der Waals surface area contributed by atoms with Crippen molar-refractivity contribution >= 4 is 6.09 Å². The monoisotopic (exact) mass is 338 g/mol. The third kappa shape index (κ3) is 4.21. The normalized spacial score (nSPS) is 26.5. The van der Waals surface area contributed by atoms with Crippen molar-refractivity contribution in [3.05, 3.63) is 0 Å². The summed E-state index contributed by atoms with van der Waals surface area (Å²) in [4.78, 5) is 21.5. The van der Waals surface area contributed by atoms with E-state index in [9.17, 15) is 4.79 Å². The summed E-state index contributed by atoms with van der Waals surface area (Å²) in [7, 11) is 2.14. The third-order valence-corrected chi connectivity index (χ3v) is 5.98. The highest BCUT2D eigenvalue weighted by atomic mass is 16.6. The molecule has 0 aliphatic carbocycles. The van der Waals surface area contributed by atoms with Gasteiger partial charge in [0.1, 0.15) is 5.60 Å². The molecule has 6 heteroatoms. The second-order valence-corrected chi connectivity index (χ2v) is 8.10. The molecule has 0 radical (unpaired) electrons. The standard InChI is InChI=1S/C18H34N4O2/c1-16(2)21-13-11-20(12-14-21)7-4-8-22-15-18(24-17(22)23)5-9-19(3)10-6-18/h16H,4-15H2,1-3H3. The number of ether oxygens (including phenoxy) is 1. The highest BCUT2D eigenvalue weighted by Gasteiger charge is 2.46. The number of likely N-dealkylation sites (tertiary alicyclic amines) is 1. The zero-order chi connectivity index (χ0) is 17.2. The van der Waals surface area contributed by atoms with Gasteiger partial charge in [-0.3, -0.25) is 4.90 Å². The van der Waals surface area contributed by atoms with Crippen LogP contribution in [0.1, 0.15) is 33.1 Å². The number of amides is 1. The van der Waals surface area contributed by atoms with Crippen LogP contribution in [0, 0.1) is 0 Å². The van der Waals surface area contributed by atoms with Crippen molar-refractivity contribution in [1.29, 1.82) is 0 Å². The van der Waals surface area contributed by atoms with Gasteiger partial charge in [-0.05, 0) is 33.9 Å². The molecule has 0 unspecified atom stereocenters. The second-order valence-electron chi connectivity index (χ2n) is 8.10. The maximum absolute atomic E-state index is 12.2. The van der Waals surface area contributed by atoms with Crippen molar-refractivity contribution in [2.24, 2.45) is 0 Å². The van der Waals surface area contributed by atoms with Crippen molar-refractivity contribution in [1.82, 2.24) is 19.6 Å². The first-order valence-corrected chi connectivity index (χ1v) is 9.60. The van der Waals surface area contributed by atoms with Gasteiger partial charge in [0.15, 0.2) is 0 Å². The average Bonchev–Trinajstić information content (AvgIpc) is 2.87. The van der Waals surface area contributed by atoms with Crippen molar-refractivity contribution in [3.63, 3.8) is 0 Å². The smallest absolute Gasteiger partial charge is 0.410 e. The highest BCUT2D eigenvalue weighted by molar-refractivity contribution is 5.70. The molecule has 0 aromatic carbocycles. The number of hydrogen-bond acceptors (Lipinski definition) is 5. The summed E-state index contributed by atoms with van der Waals surface area (Å²) in [5.41, 5.74) is -0.202. The Balaban J connectivity index is 1.38. The van der Waals surface area contributed by atoms with Crippen LogP contribution in [-0.4, -0.2) is 103 Å². The van der Waals surface area contributed by atoms with E-state index in [2.05, 4.69) is 35.6 Å². The number of nitrogens with zero attached hydrogens (tertiary/aromatic N) is 4. The Morgan fingerprint density at radius 3 is 2.33 bits per heavy atom. The van der Waals surface area contributed by atoms with Gasteiger partial charge < -0.3 is 19.4 Å². The largest absolute Gasteiger partial charge is 0.441 e. The fourth-order valence-electron chi connectivity index (χ4n) is 4.14. The van der Waals surface area contributed by atoms with E-state index in [0.29, 0.717) is 6.04 Å². The van der Waals surface area contributed by atoms with Crippen LogP contribution in [0.25, 0.3) is 0 Å². The topological polar surface area (TPSA) is 39.3 Å². The lowest BCUT2D eigenvalue weighted by atomic mass is 9.91. The number of piperidine rings is 1. The van der Waals surface area contributed by atoms with Crippen LogP contribution in [0.3, 0.4) is 0 Å². The quantitative estimate of drug-likeness (QED) is 0.756. The van der Waals surface area contributed by atoms with E-state index < -0.39 is 0 Å².